The van der Waals surface area contributed by atoms with E-state index in [9.17, 15) is 0 Å². The molecule has 0 fully saturated rings. The van der Waals surface area contributed by atoms with Crippen molar-refractivity contribution in [2.75, 3.05) is 24.5 Å². The first-order valence-electron chi connectivity index (χ1n) is 32.6. The van der Waals surface area contributed by atoms with E-state index in [0.29, 0.717) is 0 Å². The summed E-state index contributed by atoms with van der Waals surface area (Å²) in [7, 11) is 0. The van der Waals surface area contributed by atoms with Gasteiger partial charge in [0.2, 0.25) is 0 Å². The minimum atomic E-state index is -0.217. The fourth-order valence-electron chi connectivity index (χ4n) is 15.5. The summed E-state index contributed by atoms with van der Waals surface area (Å²) in [6.45, 7) is -0.365. The molecule has 9 heteroatoms. The van der Waals surface area contributed by atoms with Gasteiger partial charge in [0.15, 0.2) is 0 Å². The first kappa shape index (κ1) is 55.0. The van der Waals surface area contributed by atoms with E-state index in [-0.39, 0.29) is 27.9 Å². The molecule has 15 aromatic rings. The predicted octanol–water partition coefficient (Wildman–Crippen LogP) is 18.7. The van der Waals surface area contributed by atoms with Gasteiger partial charge < -0.3 is 0 Å². The maximum atomic E-state index is 7.98. The van der Waals surface area contributed by atoms with Crippen LogP contribution in [0.4, 0.5) is 85.3 Å². The van der Waals surface area contributed by atoms with E-state index < -0.39 is 0 Å². The number of hydrogen-bond donors (Lipinski definition) is 0. The van der Waals surface area contributed by atoms with Gasteiger partial charge >= 0.3 is 484 Å². The summed E-state index contributed by atoms with van der Waals surface area (Å²) >= 11 is -0.0414. The molecule has 0 amide bonds. The zero-order chi connectivity index (χ0) is 62.5. The Hall–Kier alpha value is -11.7. The fraction of sp³-hybridized carbons (Fsp3) is 0. The zero-order valence-corrected chi connectivity index (χ0v) is 53.3. The Balaban J connectivity index is 0.952. The van der Waals surface area contributed by atoms with Gasteiger partial charge in [0.1, 0.15) is 0 Å². The normalized spacial score (nSPS) is 12.8. The van der Waals surface area contributed by atoms with Crippen LogP contribution in [0.25, 0.3) is 31.9 Å². The second-order valence-corrected chi connectivity index (χ2v) is 27.0. The van der Waals surface area contributed by atoms with Crippen LogP contribution in [-0.4, -0.2) is 27.9 Å². The van der Waals surface area contributed by atoms with E-state index in [1.165, 1.54) is 47.0 Å². The Labute approximate surface area is 559 Å². The van der Waals surface area contributed by atoms with Gasteiger partial charge in [-0.3, -0.25) is 0 Å². The first-order valence-corrected chi connectivity index (χ1v) is 34.3. The Morgan fingerprint density at radius 3 is 1.29 bits per heavy atom. The summed E-state index contributed by atoms with van der Waals surface area (Å²) in [6, 6.07) is 127. The van der Waals surface area contributed by atoms with Crippen molar-refractivity contribution in [2.45, 2.75) is 0 Å². The molecule has 444 valence electrons. The zero-order valence-electron chi connectivity index (χ0n) is 51.6. The van der Waals surface area contributed by atoms with Crippen LogP contribution in [0.15, 0.2) is 346 Å². The van der Waals surface area contributed by atoms with Crippen molar-refractivity contribution < 1.29 is 4.74 Å². The summed E-state index contributed by atoms with van der Waals surface area (Å²) in [5.41, 5.74) is 26.8. The van der Waals surface area contributed by atoms with Crippen LogP contribution in [0.2, 0.25) is 0 Å². The topological polar surface area (TPSA) is 25.4 Å². The van der Waals surface area contributed by atoms with E-state index in [1.807, 2.05) is 0 Å². The van der Waals surface area contributed by atoms with Crippen LogP contribution in [0, 0.1) is 0 Å². The minimum absolute atomic E-state index is 0.0414. The second-order valence-electron chi connectivity index (χ2n) is 24.7. The molecule has 0 bridgehead atoms. The molecule has 0 N–H and O–H groups in total. The number of benzene rings is 14. The van der Waals surface area contributed by atoms with Crippen LogP contribution in [0.5, 0.6) is 11.5 Å². The van der Waals surface area contributed by atoms with Gasteiger partial charge in [-0.15, -0.1) is 0 Å². The van der Waals surface area contributed by atoms with E-state index in [0.717, 1.165) is 113 Å². The van der Waals surface area contributed by atoms with Crippen molar-refractivity contribution in [1.82, 2.24) is 0 Å². The molecule has 1 aromatic heterocycles. The molecule has 0 saturated carbocycles. The number of nitrogens with zero attached hydrogens (tertiary/aromatic N) is 5. The molecule has 4 aliphatic heterocycles. The average molecular weight is 1280 g/mol. The molecule has 0 spiro atoms. The Bertz CT molecular complexity index is 5300. The van der Waals surface area contributed by atoms with Gasteiger partial charge in [-0.05, 0) is 24.3 Å². The quantitative estimate of drug-likeness (QED) is 0.120. The molecule has 0 radical (unpaired) electrons. The van der Waals surface area contributed by atoms with Crippen LogP contribution in [0.3, 0.4) is 0 Å². The van der Waals surface area contributed by atoms with Crippen molar-refractivity contribution >= 4 is 155 Å². The van der Waals surface area contributed by atoms with Gasteiger partial charge in [0, 0.05) is 0 Å². The second kappa shape index (κ2) is 22.5. The summed E-state index contributed by atoms with van der Waals surface area (Å²) in [6.07, 6.45) is 0. The van der Waals surface area contributed by atoms with Crippen LogP contribution in [0.1, 0.15) is 0 Å². The number of anilines is 15. The van der Waals surface area contributed by atoms with E-state index in [1.54, 1.807) is 0 Å². The first-order chi connectivity index (χ1) is 47.2. The van der Waals surface area contributed by atoms with Gasteiger partial charge in [0.05, 0.1) is 0 Å². The molecule has 6 nitrogen and oxygen atoms in total. The van der Waals surface area contributed by atoms with Crippen molar-refractivity contribution in [3.63, 3.8) is 0 Å². The Morgan fingerprint density at radius 1 is 0.284 bits per heavy atom. The summed E-state index contributed by atoms with van der Waals surface area (Å²) in [4.78, 5) is 12.5. The van der Waals surface area contributed by atoms with E-state index in [2.05, 4.69) is 370 Å². The average Bonchev–Trinajstić information content (AvgIpc) is 1.52. The molecule has 95 heavy (non-hydrogen) atoms. The van der Waals surface area contributed by atoms with E-state index in [4.69, 9.17) is 4.74 Å². The molecular weight excluding hydrogens is 1220 g/mol. The predicted molar refractivity (Wildman–Crippen MR) is 401 cm³/mol. The van der Waals surface area contributed by atoms with Crippen molar-refractivity contribution in [3.05, 3.63) is 346 Å². The van der Waals surface area contributed by atoms with Crippen molar-refractivity contribution in [2.24, 2.45) is 0 Å². The van der Waals surface area contributed by atoms with Gasteiger partial charge in [-0.25, -0.2) is 0 Å². The monoisotopic (exact) mass is 1280 g/mol. The number of para-hydroxylation sites is 8. The third-order valence-corrected chi connectivity index (χ3v) is 21.9. The number of ether oxygens (including phenoxy) is 1. The number of fused-ring (bicyclic) bond motifs is 10. The Kier molecular flexibility index (Phi) is 13.0. The molecule has 19 rings (SSSR count). The van der Waals surface area contributed by atoms with Crippen molar-refractivity contribution in [3.8, 4) is 33.8 Å². The summed E-state index contributed by atoms with van der Waals surface area (Å²) in [5.74, 6) is 1.69. The van der Waals surface area contributed by atoms with Crippen LogP contribution in [-0.2, 0) is 0 Å². The fourth-order valence-corrected chi connectivity index (χ4v) is 18.2. The summed E-state index contributed by atoms with van der Waals surface area (Å²) < 4.78 is 10.8. The number of hydrogen-bond acceptors (Lipinski definition) is 6. The molecular formula is C86H57B2N5OSe. The molecule has 5 heterocycles. The SMILES string of the molecule is c1ccc(-c2cccc(-c3ccccc3)c2N2c3cc4c(cc3B3c5ccccc5N(c5ccccc5)c5cc(N(c6ccccc6)c6ccccc6)cc2c53)B2c3[se]c5ccccc5c3N(c3ccccc3)c3cc(N(c5ccccc5)c5ccccc5)cc(c32)O4)cc1. The molecule has 4 aliphatic rings. The Morgan fingerprint density at radius 2 is 0.737 bits per heavy atom. The van der Waals surface area contributed by atoms with Gasteiger partial charge in [-0.2, -0.15) is 0 Å². The standard InChI is InChI=1S/C86H57B2N5OSe/c1-9-30-58(31-10-1)68-47-29-48-69(59-32-11-2-12-33-59)84(68)93-75-57-79-73(56-72(75)87-71-49-26-27-50-74(71)91(64-42-21-7-22-43-64)76-52-66(53-77(93)82(76)87)89(60-34-13-3-14-35-60)61-36-15-4-16-37-61)88-83-78(92(65-44-23-8-24-45-65)85-70-46-25-28-51-81(70)95-86(85)88)54-67(55-80(83)94-79)90(62-38-17-5-18-39-62)63-40-19-6-20-41-63/h1-57H. The number of rotatable bonds is 11. The maximum absolute atomic E-state index is 7.98. The van der Waals surface area contributed by atoms with Gasteiger partial charge in [-0.1, -0.05) is 54.6 Å². The van der Waals surface area contributed by atoms with Crippen LogP contribution < -0.4 is 60.9 Å². The van der Waals surface area contributed by atoms with Crippen molar-refractivity contribution in [1.29, 1.82) is 0 Å². The molecule has 14 aromatic carbocycles. The van der Waals surface area contributed by atoms with Crippen LogP contribution >= 0.6 is 0 Å². The summed E-state index contributed by atoms with van der Waals surface area (Å²) in [5, 5.41) is 1.28. The third-order valence-electron chi connectivity index (χ3n) is 19.4. The van der Waals surface area contributed by atoms with E-state index >= 15 is 0 Å². The molecule has 0 atom stereocenters. The third kappa shape index (κ3) is 8.88. The molecule has 0 saturated heterocycles. The molecule has 0 unspecified atom stereocenters. The van der Waals surface area contributed by atoms with Gasteiger partial charge in [0.25, 0.3) is 0 Å². The molecule has 0 aliphatic carbocycles.